The third-order valence-electron chi connectivity index (χ3n) is 3.77. The molecule has 0 aromatic heterocycles. The SMILES string of the molecule is COc1ccc(C2=CCC3(CC2)OCCO3)c(F)c1. The van der Waals surface area contributed by atoms with Crippen molar-refractivity contribution in [3.05, 3.63) is 35.7 Å². The van der Waals surface area contributed by atoms with E-state index in [9.17, 15) is 4.39 Å². The Morgan fingerprint density at radius 2 is 2.05 bits per heavy atom. The van der Waals surface area contributed by atoms with Crippen molar-refractivity contribution in [2.75, 3.05) is 20.3 Å². The Morgan fingerprint density at radius 1 is 1.26 bits per heavy atom. The van der Waals surface area contributed by atoms with E-state index < -0.39 is 5.79 Å². The number of ether oxygens (including phenoxy) is 3. The van der Waals surface area contributed by atoms with Gasteiger partial charge in [0.2, 0.25) is 0 Å². The van der Waals surface area contributed by atoms with Gasteiger partial charge in [-0.05, 0) is 24.1 Å². The fraction of sp³-hybridized carbons (Fsp3) is 0.467. The first-order valence-corrected chi connectivity index (χ1v) is 6.53. The topological polar surface area (TPSA) is 27.7 Å². The molecule has 1 fully saturated rings. The zero-order valence-electron chi connectivity index (χ0n) is 10.9. The minimum absolute atomic E-state index is 0.241. The Morgan fingerprint density at radius 3 is 2.63 bits per heavy atom. The van der Waals surface area contributed by atoms with Gasteiger partial charge in [-0.1, -0.05) is 6.08 Å². The second-order valence-corrected chi connectivity index (χ2v) is 4.89. The molecular weight excluding hydrogens is 247 g/mol. The monoisotopic (exact) mass is 264 g/mol. The van der Waals surface area contributed by atoms with Crippen molar-refractivity contribution in [1.82, 2.24) is 0 Å². The van der Waals surface area contributed by atoms with Gasteiger partial charge < -0.3 is 14.2 Å². The predicted molar refractivity (Wildman–Crippen MR) is 69.4 cm³/mol. The standard InChI is InChI=1S/C15H17FO3/c1-17-12-2-3-13(14(16)10-12)11-4-6-15(7-5-11)18-8-9-19-15/h2-4,10H,5-9H2,1H3. The van der Waals surface area contributed by atoms with Gasteiger partial charge in [-0.25, -0.2) is 4.39 Å². The Kier molecular flexibility index (Phi) is 3.29. The van der Waals surface area contributed by atoms with Gasteiger partial charge in [0.1, 0.15) is 11.6 Å². The van der Waals surface area contributed by atoms with Crippen LogP contribution in [-0.2, 0) is 9.47 Å². The van der Waals surface area contributed by atoms with Gasteiger partial charge in [-0.15, -0.1) is 0 Å². The highest BCUT2D eigenvalue weighted by atomic mass is 19.1. The van der Waals surface area contributed by atoms with E-state index in [1.165, 1.54) is 13.2 Å². The number of halogens is 1. The molecule has 1 aliphatic carbocycles. The minimum atomic E-state index is -0.452. The van der Waals surface area contributed by atoms with E-state index in [1.54, 1.807) is 12.1 Å². The fourth-order valence-electron chi connectivity index (χ4n) is 2.69. The molecule has 0 saturated carbocycles. The minimum Gasteiger partial charge on any atom is -0.497 e. The molecule has 4 heteroatoms. The summed E-state index contributed by atoms with van der Waals surface area (Å²) in [5, 5.41) is 0. The van der Waals surface area contributed by atoms with E-state index in [2.05, 4.69) is 0 Å². The molecule has 0 unspecified atom stereocenters. The van der Waals surface area contributed by atoms with Crippen molar-refractivity contribution in [2.24, 2.45) is 0 Å². The summed E-state index contributed by atoms with van der Waals surface area (Å²) in [6, 6.07) is 4.98. The third-order valence-corrected chi connectivity index (χ3v) is 3.77. The van der Waals surface area contributed by atoms with Crippen LogP contribution in [0.4, 0.5) is 4.39 Å². The molecule has 3 nitrogen and oxygen atoms in total. The summed E-state index contributed by atoms with van der Waals surface area (Å²) in [5.41, 5.74) is 1.67. The van der Waals surface area contributed by atoms with Gasteiger partial charge >= 0.3 is 0 Å². The summed E-state index contributed by atoms with van der Waals surface area (Å²) in [6.07, 6.45) is 4.26. The van der Waals surface area contributed by atoms with E-state index in [0.29, 0.717) is 30.9 Å². The molecular formula is C15H17FO3. The van der Waals surface area contributed by atoms with Crippen LogP contribution >= 0.6 is 0 Å². The van der Waals surface area contributed by atoms with Crippen molar-refractivity contribution < 1.29 is 18.6 Å². The van der Waals surface area contributed by atoms with Crippen molar-refractivity contribution in [3.63, 3.8) is 0 Å². The molecule has 102 valence electrons. The largest absolute Gasteiger partial charge is 0.497 e. The first kappa shape index (κ1) is 12.6. The Hall–Kier alpha value is -1.39. The Labute approximate surface area is 112 Å². The quantitative estimate of drug-likeness (QED) is 0.821. The van der Waals surface area contributed by atoms with Gasteiger partial charge in [0, 0.05) is 24.5 Å². The molecule has 0 N–H and O–H groups in total. The molecule has 0 radical (unpaired) electrons. The zero-order chi connectivity index (χ0) is 13.3. The zero-order valence-corrected chi connectivity index (χ0v) is 10.9. The van der Waals surface area contributed by atoms with Crippen molar-refractivity contribution >= 4 is 5.57 Å². The number of hydrogen-bond acceptors (Lipinski definition) is 3. The average Bonchev–Trinajstić information content (AvgIpc) is 2.88. The van der Waals surface area contributed by atoms with Crippen LogP contribution in [0.2, 0.25) is 0 Å². The second kappa shape index (κ2) is 4.94. The van der Waals surface area contributed by atoms with Crippen molar-refractivity contribution in [1.29, 1.82) is 0 Å². The van der Waals surface area contributed by atoms with Crippen LogP contribution in [0.5, 0.6) is 5.75 Å². The van der Waals surface area contributed by atoms with Crippen LogP contribution < -0.4 is 4.74 Å². The fourth-order valence-corrected chi connectivity index (χ4v) is 2.69. The normalized spacial score (nSPS) is 21.5. The highest BCUT2D eigenvalue weighted by Crippen LogP contribution is 2.39. The first-order valence-electron chi connectivity index (χ1n) is 6.53. The second-order valence-electron chi connectivity index (χ2n) is 4.89. The number of hydrogen-bond donors (Lipinski definition) is 0. The maximum Gasteiger partial charge on any atom is 0.172 e. The summed E-state index contributed by atoms with van der Waals surface area (Å²) >= 11 is 0. The van der Waals surface area contributed by atoms with Gasteiger partial charge in [0.15, 0.2) is 5.79 Å². The van der Waals surface area contributed by atoms with E-state index in [-0.39, 0.29) is 5.82 Å². The van der Waals surface area contributed by atoms with E-state index in [1.807, 2.05) is 6.08 Å². The molecule has 1 heterocycles. The van der Waals surface area contributed by atoms with E-state index >= 15 is 0 Å². The lowest BCUT2D eigenvalue weighted by Gasteiger charge is -2.30. The molecule has 2 aliphatic rings. The summed E-state index contributed by atoms with van der Waals surface area (Å²) in [4.78, 5) is 0. The maximum atomic E-state index is 14.0. The summed E-state index contributed by atoms with van der Waals surface area (Å²) in [7, 11) is 1.53. The lowest BCUT2D eigenvalue weighted by Crippen LogP contribution is -2.31. The van der Waals surface area contributed by atoms with Gasteiger partial charge in [-0.2, -0.15) is 0 Å². The molecule has 0 amide bonds. The van der Waals surface area contributed by atoms with Gasteiger partial charge in [-0.3, -0.25) is 0 Å². The first-order chi connectivity index (χ1) is 9.22. The maximum absolute atomic E-state index is 14.0. The van der Waals surface area contributed by atoms with Crippen LogP contribution in [0.15, 0.2) is 24.3 Å². The molecule has 0 atom stereocenters. The molecule has 1 spiro atoms. The van der Waals surface area contributed by atoms with Crippen LogP contribution in [0, 0.1) is 5.82 Å². The van der Waals surface area contributed by atoms with Gasteiger partial charge in [0.05, 0.1) is 20.3 Å². The van der Waals surface area contributed by atoms with Crippen molar-refractivity contribution in [2.45, 2.75) is 25.0 Å². The van der Waals surface area contributed by atoms with Crippen LogP contribution in [0.25, 0.3) is 5.57 Å². The van der Waals surface area contributed by atoms with E-state index in [0.717, 1.165) is 18.4 Å². The number of methoxy groups -OCH3 is 1. The lowest BCUT2D eigenvalue weighted by atomic mass is 9.89. The highest BCUT2D eigenvalue weighted by Gasteiger charge is 2.37. The summed E-state index contributed by atoms with van der Waals surface area (Å²) in [6.45, 7) is 1.31. The Balaban J connectivity index is 1.82. The van der Waals surface area contributed by atoms with Crippen LogP contribution in [0.3, 0.4) is 0 Å². The van der Waals surface area contributed by atoms with Crippen LogP contribution in [0.1, 0.15) is 24.8 Å². The molecule has 1 aromatic rings. The number of allylic oxidation sites excluding steroid dienone is 1. The average molecular weight is 264 g/mol. The molecule has 3 rings (SSSR count). The van der Waals surface area contributed by atoms with Crippen LogP contribution in [-0.4, -0.2) is 26.1 Å². The predicted octanol–water partition coefficient (Wildman–Crippen LogP) is 3.14. The molecule has 1 aliphatic heterocycles. The lowest BCUT2D eigenvalue weighted by molar-refractivity contribution is -0.159. The van der Waals surface area contributed by atoms with Gasteiger partial charge in [0.25, 0.3) is 0 Å². The molecule has 1 saturated heterocycles. The summed E-state index contributed by atoms with van der Waals surface area (Å²) in [5.74, 6) is -0.154. The molecule has 19 heavy (non-hydrogen) atoms. The smallest absolute Gasteiger partial charge is 0.172 e. The Bertz CT molecular complexity index is 504. The van der Waals surface area contributed by atoms with Crippen molar-refractivity contribution in [3.8, 4) is 5.75 Å². The third kappa shape index (κ3) is 2.38. The highest BCUT2D eigenvalue weighted by molar-refractivity contribution is 5.67. The molecule has 1 aromatic carbocycles. The number of rotatable bonds is 2. The number of benzene rings is 1. The summed E-state index contributed by atoms with van der Waals surface area (Å²) < 4.78 is 30.3. The van der Waals surface area contributed by atoms with E-state index in [4.69, 9.17) is 14.2 Å². The molecule has 0 bridgehead atoms.